The number of morpholine rings is 1. The Hall–Kier alpha value is -1.20. The summed E-state index contributed by atoms with van der Waals surface area (Å²) in [7, 11) is 0. The highest BCUT2D eigenvalue weighted by atomic mass is 35.5. The van der Waals surface area contributed by atoms with Gasteiger partial charge in [0, 0.05) is 13.1 Å². The molecule has 1 aromatic rings. The third kappa shape index (κ3) is 2.62. The molecule has 0 N–H and O–H groups in total. The van der Waals surface area contributed by atoms with Gasteiger partial charge in [0.05, 0.1) is 17.8 Å². The van der Waals surface area contributed by atoms with Crippen molar-refractivity contribution in [2.24, 2.45) is 0 Å². The fourth-order valence-electron chi connectivity index (χ4n) is 2.23. The molecule has 1 aromatic heterocycles. The van der Waals surface area contributed by atoms with E-state index in [2.05, 4.69) is 9.97 Å². The maximum Gasteiger partial charge on any atom is 0.156 e. The number of ether oxygens (including phenoxy) is 1. The van der Waals surface area contributed by atoms with Crippen LogP contribution in [0.1, 0.15) is 30.0 Å². The SMILES string of the molecule is Cc1nc(Cl)c(C=O)c(N2CC(C)OC(C)C2)n1. The zero-order valence-corrected chi connectivity index (χ0v) is 11.4. The van der Waals surface area contributed by atoms with Gasteiger partial charge in [-0.2, -0.15) is 0 Å². The quantitative estimate of drug-likeness (QED) is 0.606. The summed E-state index contributed by atoms with van der Waals surface area (Å²) in [5.74, 6) is 1.16. The first kappa shape index (κ1) is 13.2. The number of aldehydes is 1. The summed E-state index contributed by atoms with van der Waals surface area (Å²) in [5, 5.41) is 0.208. The van der Waals surface area contributed by atoms with Crippen LogP contribution in [0.3, 0.4) is 0 Å². The van der Waals surface area contributed by atoms with E-state index in [9.17, 15) is 4.79 Å². The molecular formula is C12H16ClN3O2. The van der Waals surface area contributed by atoms with Crippen LogP contribution in [0.2, 0.25) is 5.15 Å². The number of aromatic nitrogens is 2. The molecule has 2 unspecified atom stereocenters. The van der Waals surface area contributed by atoms with E-state index < -0.39 is 0 Å². The van der Waals surface area contributed by atoms with Crippen molar-refractivity contribution < 1.29 is 9.53 Å². The second-order valence-corrected chi connectivity index (χ2v) is 4.94. The number of halogens is 1. The molecule has 0 aliphatic carbocycles. The highest BCUT2D eigenvalue weighted by molar-refractivity contribution is 6.32. The highest BCUT2D eigenvalue weighted by Gasteiger charge is 2.26. The summed E-state index contributed by atoms with van der Waals surface area (Å²) in [6.45, 7) is 7.14. The number of rotatable bonds is 2. The van der Waals surface area contributed by atoms with Crippen molar-refractivity contribution in [3.63, 3.8) is 0 Å². The van der Waals surface area contributed by atoms with Gasteiger partial charge in [-0.25, -0.2) is 9.97 Å². The van der Waals surface area contributed by atoms with E-state index in [4.69, 9.17) is 16.3 Å². The average Bonchev–Trinajstić information content (AvgIpc) is 2.26. The summed E-state index contributed by atoms with van der Waals surface area (Å²) in [4.78, 5) is 21.5. The fraction of sp³-hybridized carbons (Fsp3) is 0.583. The first-order valence-corrected chi connectivity index (χ1v) is 6.28. The summed E-state index contributed by atoms with van der Waals surface area (Å²) in [5.41, 5.74) is 0.351. The Kier molecular flexibility index (Phi) is 3.82. The Labute approximate surface area is 111 Å². The molecular weight excluding hydrogens is 254 g/mol. The normalized spacial score (nSPS) is 24.1. The lowest BCUT2D eigenvalue weighted by atomic mass is 10.2. The largest absolute Gasteiger partial charge is 0.372 e. The molecule has 1 aliphatic heterocycles. The van der Waals surface area contributed by atoms with Gasteiger partial charge in [0.1, 0.15) is 16.8 Å². The molecule has 2 atom stereocenters. The molecule has 1 aliphatic rings. The Morgan fingerprint density at radius 3 is 2.50 bits per heavy atom. The Balaban J connectivity index is 2.40. The molecule has 2 rings (SSSR count). The van der Waals surface area contributed by atoms with Gasteiger partial charge in [-0.1, -0.05) is 11.6 Å². The third-order valence-electron chi connectivity index (χ3n) is 2.83. The number of hydrogen-bond acceptors (Lipinski definition) is 5. The summed E-state index contributed by atoms with van der Waals surface area (Å²) in [6, 6.07) is 0. The van der Waals surface area contributed by atoms with Gasteiger partial charge in [-0.05, 0) is 20.8 Å². The Bertz CT molecular complexity index is 457. The second-order valence-electron chi connectivity index (χ2n) is 4.58. The van der Waals surface area contributed by atoms with Crippen LogP contribution in [0.25, 0.3) is 0 Å². The van der Waals surface area contributed by atoms with E-state index in [-0.39, 0.29) is 17.4 Å². The molecule has 2 heterocycles. The van der Waals surface area contributed by atoms with Crippen LogP contribution in [0.5, 0.6) is 0 Å². The van der Waals surface area contributed by atoms with Crippen LogP contribution in [-0.2, 0) is 4.74 Å². The highest BCUT2D eigenvalue weighted by Crippen LogP contribution is 2.25. The van der Waals surface area contributed by atoms with Gasteiger partial charge in [0.2, 0.25) is 0 Å². The molecule has 0 bridgehead atoms. The summed E-state index contributed by atoms with van der Waals surface area (Å²) < 4.78 is 5.67. The van der Waals surface area contributed by atoms with E-state index in [0.29, 0.717) is 36.6 Å². The van der Waals surface area contributed by atoms with Crippen LogP contribution in [0.4, 0.5) is 5.82 Å². The summed E-state index contributed by atoms with van der Waals surface area (Å²) in [6.07, 6.45) is 0.909. The van der Waals surface area contributed by atoms with Crippen LogP contribution < -0.4 is 4.90 Å². The average molecular weight is 270 g/mol. The van der Waals surface area contributed by atoms with Gasteiger partial charge < -0.3 is 9.64 Å². The molecule has 0 amide bonds. The standard InChI is InChI=1S/C12H16ClN3O2/c1-7-4-16(5-8(2)18-7)12-10(6-17)11(13)14-9(3)15-12/h6-8H,4-5H2,1-3H3. The van der Waals surface area contributed by atoms with Crippen LogP contribution >= 0.6 is 11.6 Å². The minimum atomic E-state index is 0.0994. The van der Waals surface area contributed by atoms with Gasteiger partial charge in [0.25, 0.3) is 0 Å². The smallest absolute Gasteiger partial charge is 0.156 e. The zero-order valence-electron chi connectivity index (χ0n) is 10.7. The molecule has 5 nitrogen and oxygen atoms in total. The lowest BCUT2D eigenvalue weighted by molar-refractivity contribution is -0.00551. The first-order chi connectivity index (χ1) is 8.51. The van der Waals surface area contributed by atoms with Crippen molar-refractivity contribution in [2.45, 2.75) is 33.0 Å². The van der Waals surface area contributed by atoms with Crippen molar-refractivity contribution in [1.82, 2.24) is 9.97 Å². The second kappa shape index (κ2) is 5.20. The van der Waals surface area contributed by atoms with Crippen molar-refractivity contribution in [1.29, 1.82) is 0 Å². The third-order valence-corrected chi connectivity index (χ3v) is 3.12. The molecule has 18 heavy (non-hydrogen) atoms. The zero-order chi connectivity index (χ0) is 13.3. The lowest BCUT2D eigenvalue weighted by Gasteiger charge is -2.36. The number of hydrogen-bond donors (Lipinski definition) is 0. The first-order valence-electron chi connectivity index (χ1n) is 5.91. The fourth-order valence-corrected chi connectivity index (χ4v) is 2.48. The molecule has 0 saturated carbocycles. The molecule has 6 heteroatoms. The number of carbonyl (C=O) groups excluding carboxylic acids is 1. The number of aryl methyl sites for hydroxylation is 1. The van der Waals surface area contributed by atoms with E-state index in [1.54, 1.807) is 6.92 Å². The van der Waals surface area contributed by atoms with Gasteiger partial charge in [0.15, 0.2) is 6.29 Å². The predicted octanol–water partition coefficient (Wildman–Crippen LogP) is 1.86. The number of anilines is 1. The van der Waals surface area contributed by atoms with Crippen molar-refractivity contribution in [3.05, 3.63) is 16.5 Å². The van der Waals surface area contributed by atoms with E-state index >= 15 is 0 Å². The maximum atomic E-state index is 11.1. The van der Waals surface area contributed by atoms with Crippen LogP contribution in [0, 0.1) is 6.92 Å². The topological polar surface area (TPSA) is 55.3 Å². The Morgan fingerprint density at radius 2 is 1.94 bits per heavy atom. The van der Waals surface area contributed by atoms with Crippen molar-refractivity contribution >= 4 is 23.7 Å². The molecule has 1 saturated heterocycles. The maximum absolute atomic E-state index is 11.1. The molecule has 0 radical (unpaired) electrons. The van der Waals surface area contributed by atoms with Gasteiger partial charge in [-0.3, -0.25) is 4.79 Å². The minimum absolute atomic E-state index is 0.0994. The van der Waals surface area contributed by atoms with Crippen molar-refractivity contribution in [2.75, 3.05) is 18.0 Å². The number of carbonyl (C=O) groups is 1. The van der Waals surface area contributed by atoms with Gasteiger partial charge in [-0.15, -0.1) is 0 Å². The van der Waals surface area contributed by atoms with Crippen LogP contribution in [-0.4, -0.2) is 41.6 Å². The monoisotopic (exact) mass is 269 g/mol. The van der Waals surface area contributed by atoms with E-state index in [0.717, 1.165) is 0 Å². The Morgan fingerprint density at radius 1 is 1.33 bits per heavy atom. The molecule has 98 valence electrons. The molecule has 1 fully saturated rings. The molecule has 0 spiro atoms. The van der Waals surface area contributed by atoms with Crippen molar-refractivity contribution in [3.8, 4) is 0 Å². The van der Waals surface area contributed by atoms with E-state index in [1.807, 2.05) is 18.7 Å². The number of nitrogens with zero attached hydrogens (tertiary/aromatic N) is 3. The molecule has 0 aromatic carbocycles. The van der Waals surface area contributed by atoms with Crippen LogP contribution in [0.15, 0.2) is 0 Å². The summed E-state index contributed by atoms with van der Waals surface area (Å²) >= 11 is 5.99. The lowest BCUT2D eigenvalue weighted by Crippen LogP contribution is -2.46. The van der Waals surface area contributed by atoms with E-state index in [1.165, 1.54) is 0 Å². The van der Waals surface area contributed by atoms with Gasteiger partial charge >= 0.3 is 0 Å². The minimum Gasteiger partial charge on any atom is -0.372 e. The predicted molar refractivity (Wildman–Crippen MR) is 69.4 cm³/mol.